The first-order valence-electron chi connectivity index (χ1n) is 4.31. The van der Waals surface area contributed by atoms with E-state index in [4.69, 9.17) is 15.7 Å². The molecule has 0 radical (unpaired) electrons. The van der Waals surface area contributed by atoms with Gasteiger partial charge in [-0.05, 0) is 41.0 Å². The second kappa shape index (κ2) is 5.63. The fourth-order valence-corrected chi connectivity index (χ4v) is 1.44. The van der Waals surface area contributed by atoms with Crippen molar-refractivity contribution in [3.8, 4) is 11.8 Å². The molecular weight excluding hydrogens is 244 g/mol. The molecule has 0 amide bonds. The van der Waals surface area contributed by atoms with Crippen molar-refractivity contribution < 1.29 is 4.74 Å². The fourth-order valence-electron chi connectivity index (χ4n) is 0.999. The Labute approximate surface area is 91.6 Å². The number of rotatable bonds is 4. The maximum atomic E-state index is 8.87. The highest BCUT2D eigenvalue weighted by Gasteiger charge is 2.05. The molecule has 0 aliphatic carbocycles. The summed E-state index contributed by atoms with van der Waals surface area (Å²) in [5.74, 6) is 0.607. The summed E-state index contributed by atoms with van der Waals surface area (Å²) in [4.78, 5) is 0. The Kier molecular flexibility index (Phi) is 4.44. The summed E-state index contributed by atoms with van der Waals surface area (Å²) in [7, 11) is 0. The molecule has 0 fully saturated rings. The van der Waals surface area contributed by atoms with Gasteiger partial charge in [0, 0.05) is 4.47 Å². The van der Waals surface area contributed by atoms with E-state index in [0.717, 1.165) is 10.9 Å². The predicted octanol–water partition coefficient (Wildman–Crippen LogP) is 2.05. The van der Waals surface area contributed by atoms with Crippen LogP contribution in [-0.2, 0) is 0 Å². The van der Waals surface area contributed by atoms with E-state index in [9.17, 15) is 0 Å². The first-order chi connectivity index (χ1) is 6.79. The third-order valence-corrected chi connectivity index (χ3v) is 2.35. The van der Waals surface area contributed by atoms with Gasteiger partial charge >= 0.3 is 0 Å². The maximum absolute atomic E-state index is 8.87. The average molecular weight is 255 g/mol. The lowest BCUT2D eigenvalue weighted by Gasteiger charge is -2.07. The summed E-state index contributed by atoms with van der Waals surface area (Å²) in [5.41, 5.74) is 5.87. The van der Waals surface area contributed by atoms with Crippen LogP contribution < -0.4 is 10.5 Å². The van der Waals surface area contributed by atoms with Crippen LogP contribution in [0.1, 0.15) is 12.0 Å². The molecule has 0 aromatic heterocycles. The summed E-state index contributed by atoms with van der Waals surface area (Å²) >= 11 is 3.29. The standard InChI is InChI=1S/C10H11BrN2O/c11-9-3-1-4-10(8(9)7-13)14-6-2-5-12/h1,3-4H,2,5-6,12H2. The molecule has 0 heterocycles. The Morgan fingerprint density at radius 1 is 1.50 bits per heavy atom. The summed E-state index contributed by atoms with van der Waals surface area (Å²) in [5, 5.41) is 8.87. The van der Waals surface area contributed by atoms with Crippen LogP contribution in [0.5, 0.6) is 5.75 Å². The molecule has 0 saturated carbocycles. The van der Waals surface area contributed by atoms with E-state index in [-0.39, 0.29) is 0 Å². The van der Waals surface area contributed by atoms with Crippen LogP contribution in [0.4, 0.5) is 0 Å². The quantitative estimate of drug-likeness (QED) is 0.837. The normalized spacial score (nSPS) is 9.50. The van der Waals surface area contributed by atoms with Gasteiger partial charge in [-0.15, -0.1) is 0 Å². The van der Waals surface area contributed by atoms with Crippen molar-refractivity contribution in [2.45, 2.75) is 6.42 Å². The monoisotopic (exact) mass is 254 g/mol. The fraction of sp³-hybridized carbons (Fsp3) is 0.300. The second-order valence-electron chi connectivity index (χ2n) is 2.72. The van der Waals surface area contributed by atoms with Gasteiger partial charge in [-0.25, -0.2) is 0 Å². The third kappa shape index (κ3) is 2.72. The molecule has 1 aromatic carbocycles. The summed E-state index contributed by atoms with van der Waals surface area (Å²) < 4.78 is 6.17. The molecule has 0 aliphatic rings. The Morgan fingerprint density at radius 2 is 2.29 bits per heavy atom. The van der Waals surface area contributed by atoms with Crippen molar-refractivity contribution in [3.63, 3.8) is 0 Å². The molecule has 14 heavy (non-hydrogen) atoms. The SMILES string of the molecule is N#Cc1c(Br)cccc1OCCCN. The highest BCUT2D eigenvalue weighted by atomic mass is 79.9. The van der Waals surface area contributed by atoms with Crippen LogP contribution in [0.25, 0.3) is 0 Å². The minimum Gasteiger partial charge on any atom is -0.492 e. The number of nitrogens with two attached hydrogens (primary N) is 1. The minimum atomic E-state index is 0.532. The number of hydrogen-bond donors (Lipinski definition) is 1. The largest absolute Gasteiger partial charge is 0.492 e. The number of nitrogens with zero attached hydrogens (tertiary/aromatic N) is 1. The van der Waals surface area contributed by atoms with Crippen molar-refractivity contribution in [1.29, 1.82) is 5.26 Å². The molecule has 0 bridgehead atoms. The molecule has 0 aliphatic heterocycles. The van der Waals surface area contributed by atoms with E-state index in [1.165, 1.54) is 0 Å². The minimum absolute atomic E-state index is 0.532. The Hall–Kier alpha value is -1.05. The highest BCUT2D eigenvalue weighted by Crippen LogP contribution is 2.25. The van der Waals surface area contributed by atoms with Crippen LogP contribution in [0, 0.1) is 11.3 Å². The van der Waals surface area contributed by atoms with Gasteiger partial charge in [0.1, 0.15) is 17.4 Å². The van der Waals surface area contributed by atoms with Gasteiger partial charge < -0.3 is 10.5 Å². The van der Waals surface area contributed by atoms with Crippen molar-refractivity contribution in [1.82, 2.24) is 0 Å². The molecule has 0 atom stereocenters. The maximum Gasteiger partial charge on any atom is 0.138 e. The molecule has 0 saturated heterocycles. The van der Waals surface area contributed by atoms with Gasteiger partial charge in [0.15, 0.2) is 0 Å². The van der Waals surface area contributed by atoms with Crippen LogP contribution in [0.3, 0.4) is 0 Å². The zero-order chi connectivity index (χ0) is 10.4. The van der Waals surface area contributed by atoms with Gasteiger partial charge in [-0.1, -0.05) is 6.07 Å². The number of nitriles is 1. The van der Waals surface area contributed by atoms with Gasteiger partial charge in [0.25, 0.3) is 0 Å². The molecule has 1 rings (SSSR count). The number of ether oxygens (including phenoxy) is 1. The van der Waals surface area contributed by atoms with E-state index in [0.29, 0.717) is 24.5 Å². The van der Waals surface area contributed by atoms with E-state index < -0.39 is 0 Å². The third-order valence-electron chi connectivity index (χ3n) is 1.69. The number of hydrogen-bond acceptors (Lipinski definition) is 3. The van der Waals surface area contributed by atoms with Crippen molar-refractivity contribution in [2.24, 2.45) is 5.73 Å². The molecular formula is C10H11BrN2O. The molecule has 0 spiro atoms. The van der Waals surface area contributed by atoms with Crippen molar-refractivity contribution in [2.75, 3.05) is 13.2 Å². The van der Waals surface area contributed by atoms with E-state index in [2.05, 4.69) is 22.0 Å². The van der Waals surface area contributed by atoms with E-state index in [1.807, 2.05) is 12.1 Å². The molecule has 1 aromatic rings. The van der Waals surface area contributed by atoms with Crippen molar-refractivity contribution in [3.05, 3.63) is 28.2 Å². The van der Waals surface area contributed by atoms with Crippen LogP contribution in [0.2, 0.25) is 0 Å². The zero-order valence-electron chi connectivity index (χ0n) is 7.66. The number of benzene rings is 1. The summed E-state index contributed by atoms with van der Waals surface area (Å²) in [6, 6.07) is 7.52. The van der Waals surface area contributed by atoms with Crippen molar-refractivity contribution >= 4 is 15.9 Å². The average Bonchev–Trinajstić information content (AvgIpc) is 2.18. The lowest BCUT2D eigenvalue weighted by molar-refractivity contribution is 0.312. The number of halogens is 1. The lowest BCUT2D eigenvalue weighted by Crippen LogP contribution is -2.06. The smallest absolute Gasteiger partial charge is 0.138 e. The molecule has 3 nitrogen and oxygen atoms in total. The lowest BCUT2D eigenvalue weighted by atomic mass is 10.2. The van der Waals surface area contributed by atoms with E-state index >= 15 is 0 Å². The second-order valence-corrected chi connectivity index (χ2v) is 3.57. The van der Waals surface area contributed by atoms with Gasteiger partial charge in [0.2, 0.25) is 0 Å². The molecule has 0 unspecified atom stereocenters. The van der Waals surface area contributed by atoms with Gasteiger partial charge in [-0.2, -0.15) is 5.26 Å². The Morgan fingerprint density at radius 3 is 2.93 bits per heavy atom. The Balaban J connectivity index is 2.76. The van der Waals surface area contributed by atoms with Crippen LogP contribution in [0.15, 0.2) is 22.7 Å². The topological polar surface area (TPSA) is 59.0 Å². The van der Waals surface area contributed by atoms with Gasteiger partial charge in [-0.3, -0.25) is 0 Å². The highest BCUT2D eigenvalue weighted by molar-refractivity contribution is 9.10. The molecule has 2 N–H and O–H groups in total. The zero-order valence-corrected chi connectivity index (χ0v) is 9.25. The van der Waals surface area contributed by atoms with E-state index in [1.54, 1.807) is 6.07 Å². The summed E-state index contributed by atoms with van der Waals surface area (Å²) in [6.07, 6.45) is 0.789. The van der Waals surface area contributed by atoms with Crippen LogP contribution >= 0.6 is 15.9 Å². The van der Waals surface area contributed by atoms with Crippen LogP contribution in [-0.4, -0.2) is 13.2 Å². The molecule has 4 heteroatoms. The Bertz CT molecular complexity index is 346. The predicted molar refractivity (Wildman–Crippen MR) is 58.0 cm³/mol. The first kappa shape index (κ1) is 11.0. The van der Waals surface area contributed by atoms with Gasteiger partial charge in [0.05, 0.1) is 6.61 Å². The molecule has 74 valence electrons. The summed E-state index contributed by atoms with van der Waals surface area (Å²) in [6.45, 7) is 1.14. The first-order valence-corrected chi connectivity index (χ1v) is 5.10.